The third-order valence-corrected chi connectivity index (χ3v) is 2.90. The minimum atomic E-state index is -3.15. The fraction of sp³-hybridized carbons (Fsp3) is 0.462. The zero-order valence-electron chi connectivity index (χ0n) is 11.4. The minimum Gasteiger partial charge on any atom is -0.493 e. The summed E-state index contributed by atoms with van der Waals surface area (Å²) in [5.74, 6) is -2.77. The van der Waals surface area contributed by atoms with E-state index < -0.39 is 24.9 Å². The summed E-state index contributed by atoms with van der Waals surface area (Å²) in [4.78, 5) is 11.9. The van der Waals surface area contributed by atoms with E-state index in [4.69, 9.17) is 19.9 Å². The second kappa shape index (κ2) is 6.13. The Morgan fingerprint density at radius 2 is 2.14 bits per heavy atom. The number of amides is 1. The van der Waals surface area contributed by atoms with Gasteiger partial charge in [0.1, 0.15) is 13.2 Å². The molecule has 3 N–H and O–H groups in total. The number of methoxy groups -OCH3 is 1. The molecule has 0 unspecified atom stereocenters. The first-order valence-electron chi connectivity index (χ1n) is 6.30. The van der Waals surface area contributed by atoms with Gasteiger partial charge in [0.25, 0.3) is 11.8 Å². The van der Waals surface area contributed by atoms with E-state index in [0.29, 0.717) is 30.5 Å². The van der Waals surface area contributed by atoms with E-state index in [2.05, 4.69) is 5.32 Å². The molecular weight excluding hydrogens is 286 g/mol. The molecule has 1 aliphatic rings. The lowest BCUT2D eigenvalue weighted by atomic mass is 10.1. The van der Waals surface area contributed by atoms with Gasteiger partial charge >= 0.3 is 0 Å². The number of hydrogen-bond donors (Lipinski definition) is 2. The molecule has 0 saturated heterocycles. The van der Waals surface area contributed by atoms with Gasteiger partial charge in [-0.2, -0.15) is 0 Å². The topological polar surface area (TPSA) is 82.8 Å². The van der Waals surface area contributed by atoms with E-state index in [-0.39, 0.29) is 5.56 Å². The van der Waals surface area contributed by atoms with Crippen LogP contribution in [0, 0.1) is 0 Å². The molecule has 1 heterocycles. The largest absolute Gasteiger partial charge is 0.493 e. The van der Waals surface area contributed by atoms with Crippen molar-refractivity contribution in [3.63, 3.8) is 0 Å². The molecule has 21 heavy (non-hydrogen) atoms. The van der Waals surface area contributed by atoms with Crippen LogP contribution in [0.2, 0.25) is 0 Å². The van der Waals surface area contributed by atoms with Gasteiger partial charge in [0, 0.05) is 5.56 Å². The average Bonchev–Trinajstić information content (AvgIpc) is 2.51. The van der Waals surface area contributed by atoms with Gasteiger partial charge in [-0.3, -0.25) is 4.79 Å². The number of hydrogen-bond acceptors (Lipinski definition) is 5. The fourth-order valence-electron chi connectivity index (χ4n) is 1.79. The van der Waals surface area contributed by atoms with Crippen molar-refractivity contribution < 1.29 is 27.8 Å². The Bertz CT molecular complexity index is 520. The first-order valence-corrected chi connectivity index (χ1v) is 6.30. The number of benzene rings is 1. The van der Waals surface area contributed by atoms with E-state index >= 15 is 0 Å². The number of ether oxygens (including phenoxy) is 3. The molecule has 1 aliphatic heterocycles. The van der Waals surface area contributed by atoms with Crippen LogP contribution in [0.4, 0.5) is 8.78 Å². The number of carbonyl (C=O) groups is 1. The quantitative estimate of drug-likeness (QED) is 0.840. The number of alkyl halides is 2. The molecule has 116 valence electrons. The first kappa shape index (κ1) is 15.3. The molecule has 1 amide bonds. The summed E-state index contributed by atoms with van der Waals surface area (Å²) < 4.78 is 42.0. The Hall–Kier alpha value is -2.09. The number of carbonyl (C=O) groups excluding carboxylic acids is 1. The summed E-state index contributed by atoms with van der Waals surface area (Å²) in [6.45, 7) is -0.957. The maximum Gasteiger partial charge on any atom is 0.277 e. The Labute approximate surface area is 120 Å². The van der Waals surface area contributed by atoms with Crippen LogP contribution in [-0.4, -0.2) is 45.2 Å². The van der Waals surface area contributed by atoms with Crippen molar-refractivity contribution in [1.29, 1.82) is 0 Å². The molecule has 1 aromatic rings. The Balaban J connectivity index is 2.18. The van der Waals surface area contributed by atoms with E-state index in [1.807, 2.05) is 0 Å². The van der Waals surface area contributed by atoms with Crippen molar-refractivity contribution in [2.24, 2.45) is 5.73 Å². The van der Waals surface area contributed by atoms with Gasteiger partial charge < -0.3 is 25.3 Å². The third kappa shape index (κ3) is 3.52. The van der Waals surface area contributed by atoms with Gasteiger partial charge in [-0.05, 0) is 12.1 Å². The van der Waals surface area contributed by atoms with E-state index in [9.17, 15) is 13.6 Å². The minimum absolute atomic E-state index is 0.143. The molecule has 0 spiro atoms. The molecule has 0 bridgehead atoms. The highest BCUT2D eigenvalue weighted by molar-refractivity contribution is 5.95. The number of fused-ring (bicyclic) bond motifs is 1. The molecule has 1 aromatic carbocycles. The SMILES string of the molecule is COc1cc(C(=O)NCC(F)(F)CN)cc2c1OCCO2. The van der Waals surface area contributed by atoms with Crippen LogP contribution in [-0.2, 0) is 0 Å². The number of halogens is 2. The van der Waals surface area contributed by atoms with Gasteiger partial charge in [-0.1, -0.05) is 0 Å². The van der Waals surface area contributed by atoms with Crippen LogP contribution in [0.15, 0.2) is 12.1 Å². The number of nitrogens with two attached hydrogens (primary N) is 1. The van der Waals surface area contributed by atoms with Gasteiger partial charge in [0.15, 0.2) is 11.5 Å². The molecule has 8 heteroatoms. The lowest BCUT2D eigenvalue weighted by molar-refractivity contribution is 0.0118. The summed E-state index contributed by atoms with van der Waals surface area (Å²) >= 11 is 0. The average molecular weight is 302 g/mol. The molecule has 0 saturated carbocycles. The van der Waals surface area contributed by atoms with Crippen LogP contribution < -0.4 is 25.3 Å². The third-order valence-electron chi connectivity index (χ3n) is 2.90. The molecule has 0 fully saturated rings. The lowest BCUT2D eigenvalue weighted by Gasteiger charge is -2.21. The summed E-state index contributed by atoms with van der Waals surface area (Å²) in [5, 5.41) is 2.13. The standard InChI is InChI=1S/C13H16F2N2O4/c1-19-9-4-8(5-10-11(9)21-3-2-20-10)12(18)17-7-13(14,15)6-16/h4-5H,2-3,6-7,16H2,1H3,(H,17,18). The summed E-state index contributed by atoms with van der Waals surface area (Å²) in [6, 6.07) is 2.83. The Morgan fingerprint density at radius 1 is 1.43 bits per heavy atom. The van der Waals surface area contributed by atoms with Crippen molar-refractivity contribution in [2.75, 3.05) is 33.4 Å². The number of rotatable bonds is 5. The number of nitrogens with one attached hydrogen (secondary N) is 1. The Morgan fingerprint density at radius 3 is 2.81 bits per heavy atom. The lowest BCUT2D eigenvalue weighted by Crippen LogP contribution is -2.41. The van der Waals surface area contributed by atoms with Crippen molar-refractivity contribution in [1.82, 2.24) is 5.32 Å². The summed E-state index contributed by atoms with van der Waals surface area (Å²) in [7, 11) is 1.41. The molecule has 0 aliphatic carbocycles. The van der Waals surface area contributed by atoms with Gasteiger partial charge in [0.05, 0.1) is 20.2 Å². The van der Waals surface area contributed by atoms with Gasteiger partial charge in [-0.15, -0.1) is 0 Å². The van der Waals surface area contributed by atoms with Crippen LogP contribution in [0.5, 0.6) is 17.2 Å². The molecule has 0 aromatic heterocycles. The van der Waals surface area contributed by atoms with Crippen molar-refractivity contribution in [3.8, 4) is 17.2 Å². The second-order valence-corrected chi connectivity index (χ2v) is 4.45. The fourth-order valence-corrected chi connectivity index (χ4v) is 1.79. The zero-order valence-corrected chi connectivity index (χ0v) is 11.4. The molecule has 0 radical (unpaired) electrons. The van der Waals surface area contributed by atoms with Crippen molar-refractivity contribution in [2.45, 2.75) is 5.92 Å². The normalized spacial score (nSPS) is 13.7. The van der Waals surface area contributed by atoms with Crippen LogP contribution >= 0.6 is 0 Å². The highest BCUT2D eigenvalue weighted by Gasteiger charge is 2.28. The van der Waals surface area contributed by atoms with Crippen molar-refractivity contribution >= 4 is 5.91 Å². The summed E-state index contributed by atoms with van der Waals surface area (Å²) in [6.07, 6.45) is 0. The van der Waals surface area contributed by atoms with Crippen LogP contribution in [0.3, 0.4) is 0 Å². The monoisotopic (exact) mass is 302 g/mol. The maximum atomic E-state index is 13.0. The van der Waals surface area contributed by atoms with Crippen LogP contribution in [0.1, 0.15) is 10.4 Å². The smallest absolute Gasteiger partial charge is 0.277 e. The van der Waals surface area contributed by atoms with Gasteiger partial charge in [0.2, 0.25) is 5.75 Å². The van der Waals surface area contributed by atoms with Crippen molar-refractivity contribution in [3.05, 3.63) is 17.7 Å². The molecular formula is C13H16F2N2O4. The molecule has 2 rings (SSSR count). The predicted molar refractivity (Wildman–Crippen MR) is 70.3 cm³/mol. The zero-order chi connectivity index (χ0) is 15.5. The second-order valence-electron chi connectivity index (χ2n) is 4.45. The highest BCUT2D eigenvalue weighted by Crippen LogP contribution is 2.40. The van der Waals surface area contributed by atoms with Gasteiger partial charge in [-0.25, -0.2) is 8.78 Å². The van der Waals surface area contributed by atoms with E-state index in [1.54, 1.807) is 0 Å². The van der Waals surface area contributed by atoms with E-state index in [1.165, 1.54) is 19.2 Å². The predicted octanol–water partition coefficient (Wildman–Crippen LogP) is 0.790. The molecule has 0 atom stereocenters. The summed E-state index contributed by atoms with van der Waals surface area (Å²) in [5.41, 5.74) is 5.05. The van der Waals surface area contributed by atoms with Crippen LogP contribution in [0.25, 0.3) is 0 Å². The highest BCUT2D eigenvalue weighted by atomic mass is 19.3. The molecule has 6 nitrogen and oxygen atoms in total. The van der Waals surface area contributed by atoms with E-state index in [0.717, 1.165) is 0 Å². The Kier molecular flexibility index (Phi) is 4.46. The maximum absolute atomic E-state index is 13.0. The first-order chi connectivity index (χ1) is 9.96.